The van der Waals surface area contributed by atoms with Crippen molar-refractivity contribution in [1.82, 2.24) is 0 Å². The molecule has 0 amide bonds. The average molecular weight is 451 g/mol. The molecule has 1 heterocycles. The average Bonchev–Trinajstić information content (AvgIpc) is 2.96. The minimum absolute atomic E-state index is 0.310. The van der Waals surface area contributed by atoms with Crippen molar-refractivity contribution in [3.63, 3.8) is 0 Å². The van der Waals surface area contributed by atoms with Gasteiger partial charge in [0.05, 0.1) is 7.11 Å². The van der Waals surface area contributed by atoms with E-state index in [9.17, 15) is 4.79 Å². The maximum Gasteiger partial charge on any atom is 0.341 e. The maximum absolute atomic E-state index is 12.5. The van der Waals surface area contributed by atoms with Crippen LogP contribution in [0.3, 0.4) is 0 Å². The summed E-state index contributed by atoms with van der Waals surface area (Å²) < 4.78 is 5.01. The number of hydrogen-bond acceptors (Lipinski definition) is 4. The molecule has 28 heavy (non-hydrogen) atoms. The van der Waals surface area contributed by atoms with E-state index in [1.165, 1.54) is 18.4 Å². The molecule has 0 atom stereocenters. The molecule has 0 saturated carbocycles. The first-order valence-electron chi connectivity index (χ1n) is 8.20. The van der Waals surface area contributed by atoms with Gasteiger partial charge in [-0.2, -0.15) is 0 Å². The van der Waals surface area contributed by atoms with Crippen LogP contribution in [0.4, 0.5) is 10.7 Å². The predicted octanol–water partition coefficient (Wildman–Crippen LogP) is 6.63. The molecule has 0 aliphatic rings. The molecule has 0 radical (unpaired) electrons. The van der Waals surface area contributed by atoms with E-state index in [0.29, 0.717) is 31.4 Å². The lowest BCUT2D eigenvalue weighted by Gasteiger charge is -2.12. The van der Waals surface area contributed by atoms with Gasteiger partial charge in [-0.3, -0.25) is 0 Å². The van der Waals surface area contributed by atoms with E-state index < -0.39 is 5.97 Å². The van der Waals surface area contributed by atoms with Crippen molar-refractivity contribution >= 4 is 68.5 Å². The van der Waals surface area contributed by atoms with Crippen molar-refractivity contribution in [1.29, 1.82) is 0 Å². The second kappa shape index (κ2) is 8.92. The molecular formula is C20H16Cl2N2O2S2. The second-order valence-corrected chi connectivity index (χ2v) is 8.34. The fourth-order valence-corrected chi connectivity index (χ4v) is 4.65. The molecular weight excluding hydrogens is 435 g/mol. The van der Waals surface area contributed by atoms with Crippen LogP contribution in [0.15, 0.2) is 48.5 Å². The number of esters is 1. The number of nitrogens with one attached hydrogen (secondary N) is 2. The molecule has 3 rings (SSSR count). The van der Waals surface area contributed by atoms with E-state index in [2.05, 4.69) is 10.6 Å². The summed E-state index contributed by atoms with van der Waals surface area (Å²) in [6, 6.07) is 14.7. The fourth-order valence-electron chi connectivity index (χ4n) is 2.77. The number of hydrogen-bond donors (Lipinski definition) is 2. The fraction of sp³-hybridized carbons (Fsp3) is 0.100. The monoisotopic (exact) mass is 450 g/mol. The Labute approximate surface area is 182 Å². The normalized spacial score (nSPS) is 10.4. The lowest BCUT2D eigenvalue weighted by Crippen LogP contribution is -2.20. The first-order valence-corrected chi connectivity index (χ1v) is 10.2. The summed E-state index contributed by atoms with van der Waals surface area (Å²) in [5.41, 5.74) is 2.86. The zero-order valence-electron chi connectivity index (χ0n) is 15.0. The first kappa shape index (κ1) is 20.6. The van der Waals surface area contributed by atoms with Crippen molar-refractivity contribution in [2.24, 2.45) is 0 Å². The van der Waals surface area contributed by atoms with Crippen LogP contribution in [0.2, 0.25) is 10.0 Å². The van der Waals surface area contributed by atoms with E-state index >= 15 is 0 Å². The van der Waals surface area contributed by atoms with Crippen molar-refractivity contribution in [2.75, 3.05) is 17.7 Å². The van der Waals surface area contributed by atoms with Gasteiger partial charge >= 0.3 is 5.97 Å². The molecule has 0 unspecified atom stereocenters. The second-order valence-electron chi connectivity index (χ2n) is 5.83. The Bertz CT molecular complexity index is 1020. The van der Waals surface area contributed by atoms with Gasteiger partial charge in [0, 0.05) is 26.2 Å². The molecule has 1 aromatic heterocycles. The SMILES string of the molecule is COC(=O)c1c(NC(=S)Nc2cc(Cl)cc(Cl)c2)sc(C)c1-c1ccccc1. The molecule has 144 valence electrons. The van der Waals surface area contributed by atoms with E-state index in [4.69, 9.17) is 40.2 Å². The van der Waals surface area contributed by atoms with Crippen LogP contribution in [0.25, 0.3) is 11.1 Å². The molecule has 2 N–H and O–H groups in total. The number of thiophene rings is 1. The number of anilines is 2. The van der Waals surface area contributed by atoms with E-state index in [-0.39, 0.29) is 0 Å². The lowest BCUT2D eigenvalue weighted by molar-refractivity contribution is 0.0603. The third kappa shape index (κ3) is 4.64. The molecule has 8 heteroatoms. The van der Waals surface area contributed by atoms with E-state index in [1.54, 1.807) is 18.2 Å². The Morgan fingerprint density at radius 3 is 2.32 bits per heavy atom. The Kier molecular flexibility index (Phi) is 6.57. The van der Waals surface area contributed by atoms with E-state index in [0.717, 1.165) is 16.0 Å². The highest BCUT2D eigenvalue weighted by Gasteiger charge is 2.24. The van der Waals surface area contributed by atoms with Crippen LogP contribution in [0.1, 0.15) is 15.2 Å². The summed E-state index contributed by atoms with van der Waals surface area (Å²) >= 11 is 18.9. The number of rotatable bonds is 4. The summed E-state index contributed by atoms with van der Waals surface area (Å²) in [5, 5.41) is 8.03. The third-order valence-electron chi connectivity index (χ3n) is 3.88. The zero-order valence-corrected chi connectivity index (χ0v) is 18.2. The summed E-state index contributed by atoms with van der Waals surface area (Å²) in [5.74, 6) is -0.431. The van der Waals surface area contributed by atoms with Crippen molar-refractivity contribution in [2.45, 2.75) is 6.92 Å². The van der Waals surface area contributed by atoms with Gasteiger partial charge in [0.1, 0.15) is 10.6 Å². The largest absolute Gasteiger partial charge is 0.465 e. The Hall–Kier alpha value is -2.12. The Morgan fingerprint density at radius 1 is 1.07 bits per heavy atom. The zero-order chi connectivity index (χ0) is 20.3. The lowest BCUT2D eigenvalue weighted by atomic mass is 10.0. The Balaban J connectivity index is 1.93. The predicted molar refractivity (Wildman–Crippen MR) is 122 cm³/mol. The molecule has 0 aliphatic heterocycles. The van der Waals surface area contributed by atoms with Gasteiger partial charge < -0.3 is 15.4 Å². The Morgan fingerprint density at radius 2 is 1.71 bits per heavy atom. The minimum Gasteiger partial charge on any atom is -0.465 e. The molecule has 0 spiro atoms. The number of benzene rings is 2. The molecule has 0 saturated heterocycles. The molecule has 2 aromatic carbocycles. The van der Waals surface area contributed by atoms with Gasteiger partial charge in [0.15, 0.2) is 5.11 Å². The molecule has 0 aliphatic carbocycles. The van der Waals surface area contributed by atoms with Gasteiger partial charge in [-0.1, -0.05) is 53.5 Å². The number of carbonyl (C=O) groups is 1. The summed E-state index contributed by atoms with van der Waals surface area (Å²) in [7, 11) is 1.36. The first-order chi connectivity index (χ1) is 13.4. The number of carbonyl (C=O) groups excluding carboxylic acids is 1. The van der Waals surface area contributed by atoms with Gasteiger partial charge in [-0.25, -0.2) is 4.79 Å². The molecule has 0 bridgehead atoms. The molecule has 4 nitrogen and oxygen atoms in total. The number of thiocarbonyl (C=S) groups is 1. The number of ether oxygens (including phenoxy) is 1. The minimum atomic E-state index is -0.431. The highest BCUT2D eigenvalue weighted by atomic mass is 35.5. The van der Waals surface area contributed by atoms with Crippen LogP contribution < -0.4 is 10.6 Å². The number of halogens is 2. The summed E-state index contributed by atoms with van der Waals surface area (Å²) in [6.07, 6.45) is 0. The topological polar surface area (TPSA) is 50.4 Å². The summed E-state index contributed by atoms with van der Waals surface area (Å²) in [6.45, 7) is 1.96. The standard InChI is InChI=1S/C20H16Cl2N2O2S2/c1-11-16(12-6-4-3-5-7-12)17(19(25)26-2)18(28-11)24-20(27)23-15-9-13(21)8-14(22)10-15/h3-10H,1-2H3,(H2,23,24,27). The number of methoxy groups -OCH3 is 1. The van der Waals surface area contributed by atoms with Crippen LogP contribution in [-0.2, 0) is 4.74 Å². The van der Waals surface area contributed by atoms with Crippen molar-refractivity contribution < 1.29 is 9.53 Å². The van der Waals surface area contributed by atoms with E-state index in [1.807, 2.05) is 37.3 Å². The van der Waals surface area contributed by atoms with Crippen LogP contribution >= 0.6 is 46.8 Å². The van der Waals surface area contributed by atoms with Crippen molar-refractivity contribution in [3.8, 4) is 11.1 Å². The van der Waals surface area contributed by atoms with Crippen LogP contribution in [0.5, 0.6) is 0 Å². The maximum atomic E-state index is 12.5. The van der Waals surface area contributed by atoms with Crippen LogP contribution in [0, 0.1) is 6.92 Å². The van der Waals surface area contributed by atoms with Crippen LogP contribution in [-0.4, -0.2) is 18.2 Å². The highest BCUT2D eigenvalue weighted by molar-refractivity contribution is 7.80. The molecule has 3 aromatic rings. The summed E-state index contributed by atoms with van der Waals surface area (Å²) in [4.78, 5) is 13.5. The number of aryl methyl sites for hydroxylation is 1. The van der Waals surface area contributed by atoms with Gasteiger partial charge in [-0.15, -0.1) is 11.3 Å². The highest BCUT2D eigenvalue weighted by Crippen LogP contribution is 2.40. The third-order valence-corrected chi connectivity index (χ3v) is 5.54. The van der Waals surface area contributed by atoms with Gasteiger partial charge in [0.2, 0.25) is 0 Å². The quantitative estimate of drug-likeness (QED) is 0.345. The van der Waals surface area contributed by atoms with Gasteiger partial charge in [-0.05, 0) is 42.9 Å². The van der Waals surface area contributed by atoms with Gasteiger partial charge in [0.25, 0.3) is 0 Å². The smallest absolute Gasteiger partial charge is 0.341 e. The van der Waals surface area contributed by atoms with Crippen molar-refractivity contribution in [3.05, 3.63) is 69.0 Å². The molecule has 0 fully saturated rings.